The fourth-order valence-electron chi connectivity index (χ4n) is 3.58. The zero-order chi connectivity index (χ0) is 21.6. The van der Waals surface area contributed by atoms with E-state index in [0.29, 0.717) is 5.69 Å². The molecule has 0 fully saturated rings. The molecule has 1 aliphatic rings. The van der Waals surface area contributed by atoms with Gasteiger partial charge in [-0.3, -0.25) is 14.1 Å². The summed E-state index contributed by atoms with van der Waals surface area (Å²) in [7, 11) is -4.74. The molecular weight excluding hydrogens is 427 g/mol. The topological polar surface area (TPSA) is 127 Å². The Morgan fingerprint density at radius 2 is 1.52 bits per heavy atom. The predicted octanol–water partition coefficient (Wildman–Crippen LogP) is 0.713. The van der Waals surface area contributed by atoms with E-state index in [2.05, 4.69) is 5.32 Å². The molecule has 0 spiro atoms. The van der Waals surface area contributed by atoms with Crippen LogP contribution in [0.1, 0.15) is 45.8 Å². The van der Waals surface area contributed by atoms with Crippen LogP contribution in [-0.4, -0.2) is 24.5 Å². The Morgan fingerprint density at radius 3 is 2.03 bits per heavy atom. The number of nitrogens with two attached hydrogens (primary N) is 1. The van der Waals surface area contributed by atoms with Gasteiger partial charge in [-0.2, -0.15) is 8.42 Å². The molecule has 31 heavy (non-hydrogen) atoms. The molecule has 0 radical (unpaired) electrons. The molecule has 0 amide bonds. The van der Waals surface area contributed by atoms with Gasteiger partial charge in [-0.05, 0) is 30.2 Å². The molecule has 0 unspecified atom stereocenters. The Balaban J connectivity index is 0.00000181. The van der Waals surface area contributed by atoms with Crippen molar-refractivity contribution in [3.63, 3.8) is 0 Å². The molecule has 0 saturated heterocycles. The Morgan fingerprint density at radius 1 is 0.968 bits per heavy atom. The summed E-state index contributed by atoms with van der Waals surface area (Å²) in [5.41, 5.74) is 7.34. The second-order valence-electron chi connectivity index (χ2n) is 6.94. The van der Waals surface area contributed by atoms with Crippen LogP contribution in [0, 0.1) is 0 Å². The summed E-state index contributed by atoms with van der Waals surface area (Å²) >= 11 is 0. The van der Waals surface area contributed by atoms with Gasteiger partial charge in [-0.15, -0.1) is 0 Å². The fraction of sp³-hybridized carbons (Fsp3) is 0.0909. The Kier molecular flexibility index (Phi) is 6.40. The quantitative estimate of drug-likeness (QED) is 0.239. The maximum atomic E-state index is 13.2. The van der Waals surface area contributed by atoms with Crippen LogP contribution in [0.3, 0.4) is 0 Å². The number of rotatable bonds is 4. The maximum absolute atomic E-state index is 13.2. The standard InChI is InChI=1S/C22H18N2O5S.Na.H/c1-2-12-7-9-13(10-8-12)24-16-11-17(30(27,28)29)20(23)19-18(16)21(25)14-5-3-4-6-15(14)22(19)26;;/h3-11,24H,2,23H2,1H3,(H,27,28,29);;/q;+1;-1. The van der Waals surface area contributed by atoms with Crippen LogP contribution in [0.4, 0.5) is 17.1 Å². The summed E-state index contributed by atoms with van der Waals surface area (Å²) in [5.74, 6) is -1.03. The van der Waals surface area contributed by atoms with Gasteiger partial charge < -0.3 is 12.5 Å². The molecule has 0 saturated carbocycles. The van der Waals surface area contributed by atoms with E-state index in [1.54, 1.807) is 24.3 Å². The Labute approximate surface area is 203 Å². The number of hydrogen-bond donors (Lipinski definition) is 3. The normalized spacial score (nSPS) is 12.6. The molecular formula is C22H19N2NaO5S. The average molecular weight is 446 g/mol. The van der Waals surface area contributed by atoms with E-state index < -0.39 is 32.3 Å². The third-order valence-corrected chi connectivity index (χ3v) is 6.01. The molecule has 9 heteroatoms. The van der Waals surface area contributed by atoms with Gasteiger partial charge in [0.1, 0.15) is 4.90 Å². The van der Waals surface area contributed by atoms with Gasteiger partial charge in [-0.1, -0.05) is 43.3 Å². The van der Waals surface area contributed by atoms with Crippen LogP contribution in [0.2, 0.25) is 0 Å². The second kappa shape index (κ2) is 8.57. The van der Waals surface area contributed by atoms with Crippen molar-refractivity contribution in [2.75, 3.05) is 11.1 Å². The molecule has 4 rings (SSSR count). The van der Waals surface area contributed by atoms with Crippen molar-refractivity contribution in [3.05, 3.63) is 82.4 Å². The van der Waals surface area contributed by atoms with Crippen molar-refractivity contribution < 1.29 is 53.5 Å². The molecule has 0 bridgehead atoms. The molecule has 7 nitrogen and oxygen atoms in total. The number of aryl methyl sites for hydroxylation is 1. The first-order chi connectivity index (χ1) is 14.2. The number of ketones is 2. The number of nitrogen functional groups attached to an aromatic ring is 1. The van der Waals surface area contributed by atoms with E-state index in [9.17, 15) is 22.6 Å². The van der Waals surface area contributed by atoms with E-state index in [0.717, 1.165) is 18.1 Å². The van der Waals surface area contributed by atoms with Crippen LogP contribution >= 0.6 is 0 Å². The molecule has 154 valence electrons. The minimum atomic E-state index is -4.74. The first-order valence-corrected chi connectivity index (χ1v) is 10.6. The van der Waals surface area contributed by atoms with Crippen molar-refractivity contribution in [2.45, 2.75) is 18.2 Å². The largest absolute Gasteiger partial charge is 1.00 e. The molecule has 0 aliphatic heterocycles. The molecule has 4 N–H and O–H groups in total. The number of anilines is 3. The number of hydrogen-bond acceptors (Lipinski definition) is 6. The number of carbonyl (C=O) groups is 2. The molecule has 0 heterocycles. The SMILES string of the molecule is CCc1ccc(Nc2cc(S(=O)(=O)O)c(N)c3c2C(=O)c2ccccc2C3=O)cc1.[H-].[Na+]. The summed E-state index contributed by atoms with van der Waals surface area (Å²) in [5, 5.41) is 3.00. The first kappa shape index (κ1) is 23.2. The van der Waals surface area contributed by atoms with Crippen LogP contribution in [0.15, 0.2) is 59.5 Å². The van der Waals surface area contributed by atoms with Gasteiger partial charge in [0.15, 0.2) is 11.6 Å². The van der Waals surface area contributed by atoms with Crippen molar-refractivity contribution in [3.8, 4) is 0 Å². The minimum absolute atomic E-state index is 0. The van der Waals surface area contributed by atoms with E-state index >= 15 is 0 Å². The summed E-state index contributed by atoms with van der Waals surface area (Å²) in [6, 6.07) is 14.7. The zero-order valence-corrected chi connectivity index (χ0v) is 19.8. The van der Waals surface area contributed by atoms with Crippen LogP contribution < -0.4 is 40.6 Å². The Hall–Kier alpha value is -2.49. The van der Waals surface area contributed by atoms with Gasteiger partial charge >= 0.3 is 29.6 Å². The van der Waals surface area contributed by atoms with Crippen molar-refractivity contribution in [1.29, 1.82) is 0 Å². The number of carbonyl (C=O) groups excluding carboxylic acids is 2. The summed E-state index contributed by atoms with van der Waals surface area (Å²) in [6.07, 6.45) is 0.841. The van der Waals surface area contributed by atoms with E-state index in [4.69, 9.17) is 5.73 Å². The number of nitrogens with one attached hydrogen (secondary N) is 1. The number of fused-ring (bicyclic) bond motifs is 2. The molecule has 1 aliphatic carbocycles. The first-order valence-electron chi connectivity index (χ1n) is 9.20. The fourth-order valence-corrected chi connectivity index (χ4v) is 4.23. The Bertz CT molecular complexity index is 1320. The zero-order valence-electron chi connectivity index (χ0n) is 18.0. The van der Waals surface area contributed by atoms with Crippen molar-refractivity contribution >= 4 is 38.7 Å². The predicted molar refractivity (Wildman–Crippen MR) is 114 cm³/mol. The maximum Gasteiger partial charge on any atom is 1.00 e. The third kappa shape index (κ3) is 4.05. The van der Waals surface area contributed by atoms with Gasteiger partial charge in [0.25, 0.3) is 10.1 Å². The summed E-state index contributed by atoms with van der Waals surface area (Å²) in [6.45, 7) is 2.01. The van der Waals surface area contributed by atoms with E-state index in [1.807, 2.05) is 19.1 Å². The summed E-state index contributed by atoms with van der Waals surface area (Å²) in [4.78, 5) is 25.7. The monoisotopic (exact) mass is 446 g/mol. The van der Waals surface area contributed by atoms with E-state index in [1.165, 1.54) is 12.1 Å². The van der Waals surface area contributed by atoms with Gasteiger partial charge in [0, 0.05) is 16.8 Å². The van der Waals surface area contributed by atoms with Crippen molar-refractivity contribution in [1.82, 2.24) is 0 Å². The number of benzene rings is 3. The van der Waals surface area contributed by atoms with Crippen molar-refractivity contribution in [2.24, 2.45) is 0 Å². The smallest absolute Gasteiger partial charge is 1.00 e. The molecule has 3 aromatic rings. The summed E-state index contributed by atoms with van der Waals surface area (Å²) < 4.78 is 33.5. The minimum Gasteiger partial charge on any atom is -1.00 e. The second-order valence-corrected chi connectivity index (χ2v) is 8.33. The molecule has 0 atom stereocenters. The van der Waals surface area contributed by atoms with Crippen LogP contribution in [0.25, 0.3) is 0 Å². The van der Waals surface area contributed by atoms with Gasteiger partial charge in [-0.25, -0.2) is 0 Å². The van der Waals surface area contributed by atoms with Crippen LogP contribution in [-0.2, 0) is 16.5 Å². The van der Waals surface area contributed by atoms with Gasteiger partial charge in [0.05, 0.1) is 22.5 Å². The third-order valence-electron chi connectivity index (χ3n) is 5.12. The average Bonchev–Trinajstić information content (AvgIpc) is 2.72. The molecule has 3 aromatic carbocycles. The van der Waals surface area contributed by atoms with Crippen LogP contribution in [0.5, 0.6) is 0 Å². The van der Waals surface area contributed by atoms with Gasteiger partial charge in [0.2, 0.25) is 0 Å². The van der Waals surface area contributed by atoms with E-state index in [-0.39, 0.29) is 58.9 Å². The molecule has 0 aromatic heterocycles.